The Morgan fingerprint density at radius 1 is 1.57 bits per heavy atom. The minimum absolute atomic E-state index is 0.509. The molecule has 78 valence electrons. The minimum Gasteiger partial charge on any atom is -0.369 e. The maximum absolute atomic E-state index is 5.85. The fourth-order valence-corrected chi connectivity index (χ4v) is 2.19. The summed E-state index contributed by atoms with van der Waals surface area (Å²) in [5.41, 5.74) is 6.86. The van der Waals surface area contributed by atoms with Crippen LogP contribution in [-0.4, -0.2) is 34.6 Å². The lowest BCUT2D eigenvalue weighted by Crippen LogP contribution is -2.33. The number of likely N-dealkylation sites (N-methyl/N-ethyl adjacent to an activating group) is 1. The van der Waals surface area contributed by atoms with E-state index >= 15 is 0 Å². The number of imidazole rings is 1. The van der Waals surface area contributed by atoms with Crippen molar-refractivity contribution in [3.05, 3.63) is 11.9 Å². The van der Waals surface area contributed by atoms with Gasteiger partial charge in [-0.05, 0) is 33.4 Å². The minimum atomic E-state index is 0.509. The van der Waals surface area contributed by atoms with Crippen LogP contribution in [0.15, 0.2) is 6.20 Å². The van der Waals surface area contributed by atoms with E-state index < -0.39 is 0 Å². The van der Waals surface area contributed by atoms with Crippen LogP contribution in [-0.2, 0) is 0 Å². The van der Waals surface area contributed by atoms with Crippen LogP contribution < -0.4 is 5.73 Å². The first-order valence-electron chi connectivity index (χ1n) is 5.16. The van der Waals surface area contributed by atoms with E-state index in [0.29, 0.717) is 12.0 Å². The molecule has 1 unspecified atom stereocenters. The Morgan fingerprint density at radius 3 is 2.93 bits per heavy atom. The van der Waals surface area contributed by atoms with Gasteiger partial charge in [-0.2, -0.15) is 0 Å². The third-order valence-corrected chi connectivity index (χ3v) is 2.87. The van der Waals surface area contributed by atoms with Gasteiger partial charge in [0, 0.05) is 18.8 Å². The van der Waals surface area contributed by atoms with E-state index in [1.165, 1.54) is 19.4 Å². The molecule has 0 saturated carbocycles. The van der Waals surface area contributed by atoms with Crippen molar-refractivity contribution in [2.75, 3.05) is 25.9 Å². The van der Waals surface area contributed by atoms with E-state index in [4.69, 9.17) is 5.73 Å². The molecule has 14 heavy (non-hydrogen) atoms. The summed E-state index contributed by atoms with van der Waals surface area (Å²) in [6.45, 7) is 4.27. The summed E-state index contributed by atoms with van der Waals surface area (Å²) in [7, 11) is 2.16. The summed E-state index contributed by atoms with van der Waals surface area (Å²) in [5.74, 6) is 0.655. The molecule has 0 aromatic carbocycles. The number of likely N-dealkylation sites (tertiary alicyclic amines) is 1. The van der Waals surface area contributed by atoms with E-state index in [0.717, 1.165) is 12.2 Å². The topological polar surface area (TPSA) is 47.1 Å². The molecule has 0 radical (unpaired) electrons. The van der Waals surface area contributed by atoms with E-state index in [9.17, 15) is 0 Å². The third kappa shape index (κ3) is 1.75. The zero-order valence-electron chi connectivity index (χ0n) is 8.90. The highest BCUT2D eigenvalue weighted by Crippen LogP contribution is 2.23. The smallest absolute Gasteiger partial charge is 0.200 e. The van der Waals surface area contributed by atoms with Crippen molar-refractivity contribution in [3.8, 4) is 0 Å². The fourth-order valence-electron chi connectivity index (χ4n) is 2.19. The maximum Gasteiger partial charge on any atom is 0.200 e. The van der Waals surface area contributed by atoms with Crippen molar-refractivity contribution in [3.63, 3.8) is 0 Å². The summed E-state index contributed by atoms with van der Waals surface area (Å²) in [5, 5.41) is 0. The molecule has 1 aromatic rings. The first-order chi connectivity index (χ1) is 6.66. The molecule has 1 aliphatic rings. The van der Waals surface area contributed by atoms with Gasteiger partial charge >= 0.3 is 0 Å². The molecule has 0 spiro atoms. The first-order valence-corrected chi connectivity index (χ1v) is 5.16. The van der Waals surface area contributed by atoms with Crippen LogP contribution in [0.3, 0.4) is 0 Å². The van der Waals surface area contributed by atoms with Crippen LogP contribution in [0.1, 0.15) is 24.6 Å². The molecule has 0 aliphatic carbocycles. The predicted octanol–water partition coefficient (Wildman–Crippen LogP) is 1.04. The average Bonchev–Trinajstić information content (AvgIpc) is 2.45. The predicted molar refractivity (Wildman–Crippen MR) is 57.1 cm³/mol. The number of hydrogen-bond acceptors (Lipinski definition) is 3. The Bertz CT molecular complexity index is 318. The summed E-state index contributed by atoms with van der Waals surface area (Å²) in [6, 6.07) is 0.509. The maximum atomic E-state index is 5.85. The van der Waals surface area contributed by atoms with Crippen LogP contribution in [0.5, 0.6) is 0 Å². The molecule has 1 saturated heterocycles. The number of nitrogens with two attached hydrogens (primary N) is 1. The largest absolute Gasteiger partial charge is 0.369 e. The highest BCUT2D eigenvalue weighted by molar-refractivity contribution is 5.22. The van der Waals surface area contributed by atoms with E-state index in [1.807, 2.05) is 6.92 Å². The van der Waals surface area contributed by atoms with Gasteiger partial charge in [0.25, 0.3) is 0 Å². The zero-order chi connectivity index (χ0) is 10.1. The highest BCUT2D eigenvalue weighted by atomic mass is 15.2. The molecule has 1 aliphatic heterocycles. The molecular formula is C10H18N4. The Balaban J connectivity index is 2.17. The van der Waals surface area contributed by atoms with Crippen molar-refractivity contribution in [1.29, 1.82) is 0 Å². The van der Waals surface area contributed by atoms with Gasteiger partial charge in [-0.3, -0.25) is 0 Å². The van der Waals surface area contributed by atoms with E-state index in [-0.39, 0.29) is 0 Å². The molecule has 1 aromatic heterocycles. The summed E-state index contributed by atoms with van der Waals surface area (Å²) < 4.78 is 2.12. The Labute approximate surface area is 84.7 Å². The standard InChI is InChI=1S/C10H18N4/c1-8-6-14(10(11)12-8)9-4-3-5-13(2)7-9/h6,9H,3-5,7H2,1-2H3,(H2,11,12). The van der Waals surface area contributed by atoms with Crippen molar-refractivity contribution in [1.82, 2.24) is 14.5 Å². The number of aromatic nitrogens is 2. The second kappa shape index (κ2) is 3.61. The Morgan fingerprint density at radius 2 is 2.36 bits per heavy atom. The molecule has 1 atom stereocenters. The van der Waals surface area contributed by atoms with Crippen LogP contribution >= 0.6 is 0 Å². The van der Waals surface area contributed by atoms with Gasteiger partial charge in [0.15, 0.2) is 0 Å². The third-order valence-electron chi connectivity index (χ3n) is 2.87. The van der Waals surface area contributed by atoms with Gasteiger partial charge in [-0.25, -0.2) is 4.98 Å². The van der Waals surface area contributed by atoms with Gasteiger partial charge in [0.1, 0.15) is 0 Å². The van der Waals surface area contributed by atoms with Gasteiger partial charge in [0.05, 0.1) is 5.69 Å². The number of rotatable bonds is 1. The molecule has 4 heteroatoms. The number of anilines is 1. The Kier molecular flexibility index (Phi) is 2.46. The van der Waals surface area contributed by atoms with Gasteiger partial charge in [-0.15, -0.1) is 0 Å². The van der Waals surface area contributed by atoms with Crippen molar-refractivity contribution >= 4 is 5.95 Å². The van der Waals surface area contributed by atoms with Crippen LogP contribution in [0.4, 0.5) is 5.95 Å². The van der Waals surface area contributed by atoms with Crippen molar-refractivity contribution in [2.24, 2.45) is 0 Å². The van der Waals surface area contributed by atoms with E-state index in [2.05, 4.69) is 27.7 Å². The van der Waals surface area contributed by atoms with Crippen molar-refractivity contribution in [2.45, 2.75) is 25.8 Å². The zero-order valence-corrected chi connectivity index (χ0v) is 8.90. The number of piperidine rings is 1. The lowest BCUT2D eigenvalue weighted by molar-refractivity contribution is 0.213. The SMILES string of the molecule is Cc1cn(C2CCCN(C)C2)c(N)n1. The lowest BCUT2D eigenvalue weighted by Gasteiger charge is -2.30. The fraction of sp³-hybridized carbons (Fsp3) is 0.700. The van der Waals surface area contributed by atoms with Crippen molar-refractivity contribution < 1.29 is 0 Å². The van der Waals surface area contributed by atoms with Crippen LogP contribution in [0, 0.1) is 6.92 Å². The summed E-state index contributed by atoms with van der Waals surface area (Å²) in [6.07, 6.45) is 4.52. The highest BCUT2D eigenvalue weighted by Gasteiger charge is 2.20. The average molecular weight is 194 g/mol. The monoisotopic (exact) mass is 194 g/mol. The molecule has 2 heterocycles. The summed E-state index contributed by atoms with van der Waals surface area (Å²) in [4.78, 5) is 6.58. The first kappa shape index (κ1) is 9.52. The van der Waals surface area contributed by atoms with Crippen LogP contribution in [0.25, 0.3) is 0 Å². The quantitative estimate of drug-likeness (QED) is 0.726. The molecule has 2 N–H and O–H groups in total. The molecule has 0 bridgehead atoms. The van der Waals surface area contributed by atoms with Crippen LogP contribution in [0.2, 0.25) is 0 Å². The summed E-state index contributed by atoms with van der Waals surface area (Å²) >= 11 is 0. The Hall–Kier alpha value is -1.03. The van der Waals surface area contributed by atoms with Gasteiger partial charge < -0.3 is 15.2 Å². The van der Waals surface area contributed by atoms with Gasteiger partial charge in [-0.1, -0.05) is 0 Å². The van der Waals surface area contributed by atoms with E-state index in [1.54, 1.807) is 0 Å². The second-order valence-electron chi connectivity index (χ2n) is 4.21. The number of hydrogen-bond donors (Lipinski definition) is 1. The lowest BCUT2D eigenvalue weighted by atomic mass is 10.1. The number of aryl methyl sites for hydroxylation is 1. The molecule has 2 rings (SSSR count). The van der Waals surface area contributed by atoms with Gasteiger partial charge in [0.2, 0.25) is 5.95 Å². The number of nitrogens with zero attached hydrogens (tertiary/aromatic N) is 3. The number of nitrogen functional groups attached to an aromatic ring is 1. The second-order valence-corrected chi connectivity index (χ2v) is 4.21. The molecular weight excluding hydrogens is 176 g/mol. The molecule has 0 amide bonds. The molecule has 1 fully saturated rings. The normalized spacial score (nSPS) is 24.0. The molecule has 4 nitrogen and oxygen atoms in total.